The molecule has 6 heteroatoms. The zero-order valence-corrected chi connectivity index (χ0v) is 16.1. The van der Waals surface area contributed by atoms with Crippen LogP contribution in [0.1, 0.15) is 16.9 Å². The molecule has 5 rings (SSSR count). The van der Waals surface area contributed by atoms with E-state index in [0.29, 0.717) is 18.5 Å². The van der Waals surface area contributed by atoms with E-state index in [9.17, 15) is 10.0 Å². The van der Waals surface area contributed by atoms with Crippen LogP contribution in [0.4, 0.5) is 0 Å². The minimum atomic E-state index is -0.194. The normalized spacial score (nSPS) is 13.5. The van der Waals surface area contributed by atoms with E-state index in [1.165, 1.54) is 6.20 Å². The summed E-state index contributed by atoms with van der Waals surface area (Å²) in [4.78, 5) is 14.5. The van der Waals surface area contributed by atoms with E-state index in [1.807, 2.05) is 68.0 Å². The molecule has 0 saturated carbocycles. The number of nitrogens with zero attached hydrogens (tertiary/aromatic N) is 4. The van der Waals surface area contributed by atoms with Gasteiger partial charge in [-0.25, -0.2) is 0 Å². The lowest BCUT2D eigenvalue weighted by atomic mass is 9.97. The Morgan fingerprint density at radius 3 is 2.31 bits per heavy atom. The van der Waals surface area contributed by atoms with Crippen LogP contribution in [0.15, 0.2) is 67.1 Å². The molecule has 0 atom stereocenters. The lowest BCUT2D eigenvalue weighted by Crippen LogP contribution is -2.47. The van der Waals surface area contributed by atoms with Crippen molar-refractivity contribution >= 4 is 16.7 Å². The number of likely N-dealkylation sites (tertiary alicyclic amines) is 1. The van der Waals surface area contributed by atoms with Gasteiger partial charge in [-0.2, -0.15) is 9.83 Å². The number of aryl methyl sites for hydroxylation is 1. The SMILES string of the molecule is Cn1cc(-c2ccc(-c3c[n+]([O-])c(C(=O)N4CCC4)c4ccccc34)cc2)cn1. The van der Waals surface area contributed by atoms with Gasteiger partial charge >= 0.3 is 5.91 Å². The number of rotatable bonds is 3. The van der Waals surface area contributed by atoms with Gasteiger partial charge in [0, 0.05) is 37.3 Å². The molecule has 3 heterocycles. The first-order chi connectivity index (χ1) is 14.1. The topological polar surface area (TPSA) is 65.1 Å². The third-order valence-electron chi connectivity index (χ3n) is 5.52. The Labute approximate surface area is 168 Å². The van der Waals surface area contributed by atoms with Crippen molar-refractivity contribution in [2.75, 3.05) is 13.1 Å². The number of fused-ring (bicyclic) bond motifs is 1. The van der Waals surface area contributed by atoms with Gasteiger partial charge in [0.15, 0.2) is 6.20 Å². The molecular formula is C23H20N4O2. The van der Waals surface area contributed by atoms with Crippen LogP contribution in [-0.2, 0) is 7.05 Å². The molecule has 1 amide bonds. The molecule has 0 spiro atoms. The molecule has 1 fully saturated rings. The number of aromatic nitrogens is 3. The van der Waals surface area contributed by atoms with E-state index >= 15 is 0 Å². The number of pyridine rings is 1. The van der Waals surface area contributed by atoms with E-state index in [4.69, 9.17) is 0 Å². The largest absolute Gasteiger partial charge is 0.618 e. The molecule has 144 valence electrons. The number of benzene rings is 2. The molecule has 0 aliphatic carbocycles. The van der Waals surface area contributed by atoms with Crippen molar-refractivity contribution in [2.24, 2.45) is 7.05 Å². The number of hydrogen-bond donors (Lipinski definition) is 0. The molecule has 1 aliphatic heterocycles. The van der Waals surface area contributed by atoms with Crippen LogP contribution >= 0.6 is 0 Å². The van der Waals surface area contributed by atoms with Gasteiger partial charge in [-0.15, -0.1) is 0 Å². The first kappa shape index (κ1) is 17.4. The summed E-state index contributed by atoms with van der Waals surface area (Å²) in [5.74, 6) is -0.194. The second-order valence-corrected chi connectivity index (χ2v) is 7.39. The Morgan fingerprint density at radius 2 is 1.69 bits per heavy atom. The third kappa shape index (κ3) is 2.93. The lowest BCUT2D eigenvalue weighted by Gasteiger charge is -2.30. The van der Waals surface area contributed by atoms with Gasteiger partial charge < -0.3 is 10.1 Å². The van der Waals surface area contributed by atoms with Crippen LogP contribution in [0.2, 0.25) is 0 Å². The number of carbonyl (C=O) groups excluding carboxylic acids is 1. The predicted molar refractivity (Wildman–Crippen MR) is 111 cm³/mol. The Hall–Kier alpha value is -3.67. The predicted octanol–water partition coefficient (Wildman–Crippen LogP) is 3.39. The summed E-state index contributed by atoms with van der Waals surface area (Å²) in [7, 11) is 1.89. The maximum atomic E-state index is 12.9. The summed E-state index contributed by atoms with van der Waals surface area (Å²) in [6.45, 7) is 1.43. The fraction of sp³-hybridized carbons (Fsp3) is 0.174. The van der Waals surface area contributed by atoms with E-state index in [2.05, 4.69) is 5.10 Å². The fourth-order valence-corrected chi connectivity index (χ4v) is 3.82. The fourth-order valence-electron chi connectivity index (χ4n) is 3.82. The van der Waals surface area contributed by atoms with Gasteiger partial charge in [-0.1, -0.05) is 42.5 Å². The van der Waals surface area contributed by atoms with Gasteiger partial charge in [0.05, 0.1) is 17.1 Å². The van der Waals surface area contributed by atoms with E-state index in [-0.39, 0.29) is 11.6 Å². The Kier molecular flexibility index (Phi) is 4.05. The maximum absolute atomic E-state index is 12.9. The summed E-state index contributed by atoms with van der Waals surface area (Å²) < 4.78 is 2.50. The summed E-state index contributed by atoms with van der Waals surface area (Å²) in [6.07, 6.45) is 6.30. The molecule has 1 saturated heterocycles. The highest BCUT2D eigenvalue weighted by molar-refractivity contribution is 6.08. The molecule has 2 aromatic carbocycles. The van der Waals surface area contributed by atoms with Crippen molar-refractivity contribution in [3.63, 3.8) is 0 Å². The molecule has 1 aliphatic rings. The smallest absolute Gasteiger partial charge is 0.320 e. The summed E-state index contributed by atoms with van der Waals surface area (Å²) >= 11 is 0. The minimum absolute atomic E-state index is 0.194. The van der Waals surface area contributed by atoms with Crippen molar-refractivity contribution in [1.29, 1.82) is 0 Å². The Bertz CT molecular complexity index is 1220. The first-order valence-electron chi connectivity index (χ1n) is 9.65. The third-order valence-corrected chi connectivity index (χ3v) is 5.52. The minimum Gasteiger partial charge on any atom is -0.618 e. The van der Waals surface area contributed by atoms with Gasteiger partial charge in [-0.3, -0.25) is 9.48 Å². The molecule has 0 bridgehead atoms. The van der Waals surface area contributed by atoms with Crippen molar-refractivity contribution in [2.45, 2.75) is 6.42 Å². The second kappa shape index (κ2) is 6.74. The van der Waals surface area contributed by atoms with Gasteiger partial charge in [0.1, 0.15) is 0 Å². The molecule has 4 aromatic rings. The van der Waals surface area contributed by atoms with Crippen molar-refractivity contribution in [1.82, 2.24) is 14.7 Å². The van der Waals surface area contributed by atoms with Crippen LogP contribution in [0.3, 0.4) is 0 Å². The highest BCUT2D eigenvalue weighted by atomic mass is 16.5. The zero-order valence-electron chi connectivity index (χ0n) is 16.1. The average Bonchev–Trinajstić information content (AvgIpc) is 3.12. The van der Waals surface area contributed by atoms with E-state index < -0.39 is 0 Å². The maximum Gasteiger partial charge on any atom is 0.320 e. The molecule has 6 nitrogen and oxygen atoms in total. The van der Waals surface area contributed by atoms with Crippen molar-refractivity contribution in [3.8, 4) is 22.3 Å². The van der Waals surface area contributed by atoms with E-state index in [0.717, 1.165) is 38.8 Å². The molecule has 29 heavy (non-hydrogen) atoms. The molecule has 0 N–H and O–H groups in total. The molecule has 2 aromatic heterocycles. The molecule has 0 unspecified atom stereocenters. The number of amides is 1. The van der Waals surface area contributed by atoms with Gasteiger partial charge in [0.2, 0.25) is 0 Å². The number of carbonyl (C=O) groups is 1. The summed E-state index contributed by atoms with van der Waals surface area (Å²) in [5.41, 5.74) is 4.05. The monoisotopic (exact) mass is 384 g/mol. The summed E-state index contributed by atoms with van der Waals surface area (Å²) in [5, 5.41) is 18.7. The van der Waals surface area contributed by atoms with Gasteiger partial charge in [-0.05, 0) is 23.6 Å². The van der Waals surface area contributed by atoms with Crippen LogP contribution in [-0.4, -0.2) is 33.7 Å². The lowest BCUT2D eigenvalue weighted by molar-refractivity contribution is -0.606. The highest BCUT2D eigenvalue weighted by Crippen LogP contribution is 2.31. The zero-order chi connectivity index (χ0) is 20.0. The summed E-state index contributed by atoms with van der Waals surface area (Å²) in [6, 6.07) is 15.7. The average molecular weight is 384 g/mol. The van der Waals surface area contributed by atoms with Crippen molar-refractivity contribution < 1.29 is 9.52 Å². The Balaban J connectivity index is 1.61. The van der Waals surface area contributed by atoms with E-state index in [1.54, 1.807) is 9.58 Å². The van der Waals surface area contributed by atoms with Crippen LogP contribution < -0.4 is 4.73 Å². The van der Waals surface area contributed by atoms with Crippen LogP contribution in [0, 0.1) is 5.21 Å². The van der Waals surface area contributed by atoms with Crippen LogP contribution in [0.5, 0.6) is 0 Å². The van der Waals surface area contributed by atoms with Crippen LogP contribution in [0.25, 0.3) is 33.0 Å². The van der Waals surface area contributed by atoms with Gasteiger partial charge in [0.25, 0.3) is 5.69 Å². The molecular weight excluding hydrogens is 364 g/mol. The first-order valence-corrected chi connectivity index (χ1v) is 9.65. The highest BCUT2D eigenvalue weighted by Gasteiger charge is 2.30. The molecule has 0 radical (unpaired) electrons. The quantitative estimate of drug-likeness (QED) is 0.402. The second-order valence-electron chi connectivity index (χ2n) is 7.39. The Morgan fingerprint density at radius 1 is 1.00 bits per heavy atom. The standard InChI is InChI=1S/C23H20N4O2/c1-25-14-18(13-24-25)16-7-9-17(10-8-16)21-15-27(29)22(23(28)26-11-4-12-26)20-6-3-2-5-19(20)21/h2-3,5-10,13-15H,4,11-12H2,1H3. The van der Waals surface area contributed by atoms with Crippen molar-refractivity contribution in [3.05, 3.63) is 78.0 Å². The number of hydrogen-bond acceptors (Lipinski definition) is 3.